The van der Waals surface area contributed by atoms with Gasteiger partial charge in [-0.2, -0.15) is 0 Å². The summed E-state index contributed by atoms with van der Waals surface area (Å²) in [6, 6.07) is 7.34. The van der Waals surface area contributed by atoms with E-state index < -0.39 is 0 Å². The number of rotatable bonds is 1. The highest BCUT2D eigenvalue weighted by Crippen LogP contribution is 2.05. The molecule has 0 spiro atoms. The topological polar surface area (TPSA) is 37.8 Å². The number of aromatic amines is 1. The van der Waals surface area contributed by atoms with E-state index >= 15 is 0 Å². The maximum atomic E-state index is 11.6. The molecule has 0 radical (unpaired) electrons. The van der Waals surface area contributed by atoms with Gasteiger partial charge in [-0.25, -0.2) is 4.68 Å². The van der Waals surface area contributed by atoms with Crippen molar-refractivity contribution in [2.24, 2.45) is 0 Å². The van der Waals surface area contributed by atoms with Crippen molar-refractivity contribution < 1.29 is 0 Å². The molecule has 0 aliphatic heterocycles. The summed E-state index contributed by atoms with van der Waals surface area (Å²) in [4.78, 5) is 11.6. The first-order valence-electron chi connectivity index (χ1n) is 3.88. The van der Waals surface area contributed by atoms with E-state index in [9.17, 15) is 4.79 Å². The van der Waals surface area contributed by atoms with Crippen LogP contribution in [-0.4, -0.2) is 9.78 Å². The van der Waals surface area contributed by atoms with Crippen molar-refractivity contribution in [3.05, 3.63) is 46.9 Å². The second kappa shape index (κ2) is 2.81. The Labute approximate surface area is 74.6 Å². The van der Waals surface area contributed by atoms with Crippen molar-refractivity contribution >= 4 is 17.1 Å². The molecule has 3 nitrogen and oxygen atoms in total. The Balaban J connectivity index is 2.89. The summed E-state index contributed by atoms with van der Waals surface area (Å²) in [6.45, 7) is 3.41. The minimum Gasteiger partial charge on any atom is -0.290 e. The van der Waals surface area contributed by atoms with Crippen LogP contribution in [0.2, 0.25) is 0 Å². The first-order chi connectivity index (χ1) is 6.33. The Morgan fingerprint density at radius 2 is 2.23 bits per heavy atom. The molecule has 64 valence electrons. The maximum Gasteiger partial charge on any atom is 0.279 e. The Hall–Kier alpha value is -1.99. The summed E-state index contributed by atoms with van der Waals surface area (Å²) in [5, 5.41) is 3.59. The van der Waals surface area contributed by atoms with Crippen LogP contribution in [0.5, 0.6) is 0 Å². The van der Waals surface area contributed by atoms with Crippen LogP contribution in [0.15, 0.2) is 41.4 Å². The van der Waals surface area contributed by atoms with Crippen LogP contribution < -0.4 is 5.56 Å². The number of hydrogen-bond donors (Lipinski definition) is 1. The molecule has 0 bridgehead atoms. The van der Waals surface area contributed by atoms with Crippen LogP contribution in [-0.2, 0) is 0 Å². The number of aromatic nitrogens is 2. The maximum absolute atomic E-state index is 11.6. The summed E-state index contributed by atoms with van der Waals surface area (Å²) in [5.74, 6) is 0. The SMILES string of the molecule is C=C=Cn1[nH]c2ccccc2c1=O. The van der Waals surface area contributed by atoms with E-state index in [0.29, 0.717) is 5.39 Å². The van der Waals surface area contributed by atoms with E-state index in [4.69, 9.17) is 0 Å². The fourth-order valence-corrected chi connectivity index (χ4v) is 1.26. The molecule has 1 N–H and O–H groups in total. The van der Waals surface area contributed by atoms with Gasteiger partial charge in [-0.05, 0) is 12.1 Å². The second-order valence-electron chi connectivity index (χ2n) is 2.67. The lowest BCUT2D eigenvalue weighted by Gasteiger charge is -1.84. The van der Waals surface area contributed by atoms with E-state index in [1.807, 2.05) is 18.2 Å². The van der Waals surface area contributed by atoms with Crippen molar-refractivity contribution in [3.8, 4) is 0 Å². The van der Waals surface area contributed by atoms with Crippen LogP contribution in [0.4, 0.5) is 0 Å². The van der Waals surface area contributed by atoms with E-state index in [1.165, 1.54) is 10.9 Å². The first kappa shape index (κ1) is 7.65. The monoisotopic (exact) mass is 172 g/mol. The summed E-state index contributed by atoms with van der Waals surface area (Å²) >= 11 is 0. The van der Waals surface area contributed by atoms with Gasteiger partial charge in [-0.1, -0.05) is 18.7 Å². The number of hydrogen-bond acceptors (Lipinski definition) is 1. The van der Waals surface area contributed by atoms with Gasteiger partial charge in [0, 0.05) is 0 Å². The Bertz CT molecular complexity index is 541. The number of H-pyrrole nitrogens is 1. The molecule has 0 aliphatic carbocycles. The molecule has 1 aromatic heterocycles. The fourth-order valence-electron chi connectivity index (χ4n) is 1.26. The minimum absolute atomic E-state index is 0.0771. The predicted octanol–water partition coefficient (Wildman–Crippen LogP) is 1.59. The summed E-state index contributed by atoms with van der Waals surface area (Å²) in [7, 11) is 0. The fraction of sp³-hybridized carbons (Fsp3) is 0. The molecule has 0 aliphatic rings. The van der Waals surface area contributed by atoms with E-state index in [1.54, 1.807) is 6.07 Å². The normalized spacial score (nSPS) is 9.85. The van der Waals surface area contributed by atoms with Gasteiger partial charge in [0.1, 0.15) is 0 Å². The van der Waals surface area contributed by atoms with E-state index in [0.717, 1.165) is 5.52 Å². The predicted molar refractivity (Wildman–Crippen MR) is 52.5 cm³/mol. The number of fused-ring (bicyclic) bond motifs is 1. The zero-order chi connectivity index (χ0) is 9.26. The summed E-state index contributed by atoms with van der Waals surface area (Å²) in [5.41, 5.74) is 3.28. The van der Waals surface area contributed by atoms with Crippen molar-refractivity contribution in [1.82, 2.24) is 9.78 Å². The molecule has 0 saturated carbocycles. The van der Waals surface area contributed by atoms with Crippen molar-refractivity contribution in [2.45, 2.75) is 0 Å². The van der Waals surface area contributed by atoms with Crippen molar-refractivity contribution in [1.29, 1.82) is 0 Å². The molecule has 0 fully saturated rings. The Morgan fingerprint density at radius 1 is 1.46 bits per heavy atom. The van der Waals surface area contributed by atoms with Crippen molar-refractivity contribution in [3.63, 3.8) is 0 Å². The van der Waals surface area contributed by atoms with Gasteiger partial charge in [-0.15, -0.1) is 5.73 Å². The minimum atomic E-state index is -0.0771. The zero-order valence-electron chi connectivity index (χ0n) is 6.95. The van der Waals surface area contributed by atoms with Crippen LogP contribution in [0.3, 0.4) is 0 Å². The highest BCUT2D eigenvalue weighted by atomic mass is 16.1. The van der Waals surface area contributed by atoms with Gasteiger partial charge in [0.2, 0.25) is 0 Å². The van der Waals surface area contributed by atoms with Crippen LogP contribution >= 0.6 is 0 Å². The Kier molecular flexibility index (Phi) is 1.65. The van der Waals surface area contributed by atoms with Crippen LogP contribution in [0.25, 0.3) is 17.1 Å². The second-order valence-corrected chi connectivity index (χ2v) is 2.67. The Morgan fingerprint density at radius 3 is 2.92 bits per heavy atom. The van der Waals surface area contributed by atoms with Gasteiger partial charge in [-0.3, -0.25) is 9.89 Å². The summed E-state index contributed by atoms with van der Waals surface area (Å²) < 4.78 is 1.36. The molecule has 1 aromatic carbocycles. The molecule has 0 unspecified atom stereocenters. The molecule has 2 rings (SSSR count). The molecular formula is C10H8N2O. The molecule has 0 saturated heterocycles. The van der Waals surface area contributed by atoms with Gasteiger partial charge in [0.25, 0.3) is 5.56 Å². The molecule has 0 atom stereocenters. The lowest BCUT2D eigenvalue weighted by atomic mass is 10.3. The average Bonchev–Trinajstić information content (AvgIpc) is 2.46. The third-order valence-corrected chi connectivity index (χ3v) is 1.84. The summed E-state index contributed by atoms with van der Waals surface area (Å²) in [6.07, 6.45) is 1.47. The molecule has 1 heterocycles. The van der Waals surface area contributed by atoms with Crippen LogP contribution in [0, 0.1) is 0 Å². The third-order valence-electron chi connectivity index (χ3n) is 1.84. The largest absolute Gasteiger partial charge is 0.290 e. The average molecular weight is 172 g/mol. The quantitative estimate of drug-likeness (QED) is 0.651. The van der Waals surface area contributed by atoms with Gasteiger partial charge in [0.15, 0.2) is 0 Å². The standard InChI is InChI=1S/C10H8N2O/c1-2-7-12-10(13)8-5-3-4-6-9(8)11-12/h3-7,11H,1H2. The van der Waals surface area contributed by atoms with Crippen molar-refractivity contribution in [2.75, 3.05) is 0 Å². The van der Waals surface area contributed by atoms with E-state index in [-0.39, 0.29) is 5.56 Å². The first-order valence-corrected chi connectivity index (χ1v) is 3.88. The number of nitrogens with one attached hydrogen (secondary N) is 1. The van der Waals surface area contributed by atoms with Gasteiger partial charge in [0.05, 0.1) is 17.1 Å². The highest BCUT2D eigenvalue weighted by molar-refractivity contribution is 5.78. The highest BCUT2D eigenvalue weighted by Gasteiger charge is 2.01. The molecular weight excluding hydrogens is 164 g/mol. The lowest BCUT2D eigenvalue weighted by Crippen LogP contribution is -2.09. The van der Waals surface area contributed by atoms with Crippen LogP contribution in [0.1, 0.15) is 0 Å². The van der Waals surface area contributed by atoms with Gasteiger partial charge >= 0.3 is 0 Å². The van der Waals surface area contributed by atoms with Gasteiger partial charge < -0.3 is 0 Å². The third kappa shape index (κ3) is 1.11. The lowest BCUT2D eigenvalue weighted by molar-refractivity contribution is 0.919. The molecule has 0 amide bonds. The molecule has 3 heteroatoms. The van der Waals surface area contributed by atoms with E-state index in [2.05, 4.69) is 17.4 Å². The number of nitrogens with zero attached hydrogens (tertiary/aromatic N) is 1. The molecule has 2 aromatic rings. The smallest absolute Gasteiger partial charge is 0.279 e. The number of benzene rings is 1. The molecule has 13 heavy (non-hydrogen) atoms. The number of para-hydroxylation sites is 1. The zero-order valence-corrected chi connectivity index (χ0v) is 6.95.